The Balaban J connectivity index is 2.33. The van der Waals surface area contributed by atoms with Crippen molar-refractivity contribution < 1.29 is 4.79 Å². The Labute approximate surface area is 92.2 Å². The van der Waals surface area contributed by atoms with Crippen molar-refractivity contribution in [3.8, 4) is 0 Å². The summed E-state index contributed by atoms with van der Waals surface area (Å²) in [7, 11) is 0. The summed E-state index contributed by atoms with van der Waals surface area (Å²) in [5, 5.41) is 2.81. The van der Waals surface area contributed by atoms with Crippen molar-refractivity contribution in [2.75, 3.05) is 26.2 Å². The van der Waals surface area contributed by atoms with Crippen LogP contribution in [0.25, 0.3) is 0 Å². The van der Waals surface area contributed by atoms with Crippen molar-refractivity contribution in [2.45, 2.75) is 32.7 Å². The predicted molar refractivity (Wildman–Crippen MR) is 61.5 cm³/mol. The van der Waals surface area contributed by atoms with E-state index in [0.29, 0.717) is 31.6 Å². The molecule has 0 radical (unpaired) electrons. The topological polar surface area (TPSA) is 58.4 Å². The SMILES string of the molecule is CC1CCCN(CC(=O)NCCN)C1C. The number of nitrogens with one attached hydrogen (secondary N) is 1. The summed E-state index contributed by atoms with van der Waals surface area (Å²) in [4.78, 5) is 13.8. The zero-order valence-electron chi connectivity index (χ0n) is 9.83. The van der Waals surface area contributed by atoms with Crippen LogP contribution in [0.3, 0.4) is 0 Å². The molecule has 0 bridgehead atoms. The first-order valence-electron chi connectivity index (χ1n) is 5.86. The molecule has 1 aliphatic heterocycles. The highest BCUT2D eigenvalue weighted by Crippen LogP contribution is 2.22. The average Bonchev–Trinajstić information content (AvgIpc) is 2.22. The minimum Gasteiger partial charge on any atom is -0.354 e. The largest absolute Gasteiger partial charge is 0.354 e. The quantitative estimate of drug-likeness (QED) is 0.700. The minimum atomic E-state index is 0.0985. The molecule has 3 N–H and O–H groups in total. The van der Waals surface area contributed by atoms with Crippen LogP contribution < -0.4 is 11.1 Å². The van der Waals surface area contributed by atoms with E-state index in [1.807, 2.05) is 0 Å². The molecule has 1 rings (SSSR count). The van der Waals surface area contributed by atoms with Crippen molar-refractivity contribution in [2.24, 2.45) is 11.7 Å². The Bertz CT molecular complexity index is 208. The fraction of sp³-hybridized carbons (Fsp3) is 0.909. The average molecular weight is 213 g/mol. The Hall–Kier alpha value is -0.610. The number of piperidine rings is 1. The van der Waals surface area contributed by atoms with Crippen LogP contribution in [0.15, 0.2) is 0 Å². The minimum absolute atomic E-state index is 0.0985. The van der Waals surface area contributed by atoms with Gasteiger partial charge in [-0.15, -0.1) is 0 Å². The van der Waals surface area contributed by atoms with E-state index >= 15 is 0 Å². The molecule has 1 amide bonds. The fourth-order valence-electron chi connectivity index (χ4n) is 2.10. The zero-order chi connectivity index (χ0) is 11.3. The van der Waals surface area contributed by atoms with Gasteiger partial charge < -0.3 is 11.1 Å². The maximum Gasteiger partial charge on any atom is 0.234 e. The van der Waals surface area contributed by atoms with Gasteiger partial charge in [-0.1, -0.05) is 6.92 Å². The molecular weight excluding hydrogens is 190 g/mol. The normalized spacial score (nSPS) is 27.7. The Morgan fingerprint density at radius 1 is 1.53 bits per heavy atom. The third-order valence-corrected chi connectivity index (χ3v) is 3.32. The molecule has 0 aromatic heterocycles. The molecule has 0 saturated carbocycles. The second kappa shape index (κ2) is 6.08. The Morgan fingerprint density at radius 2 is 2.27 bits per heavy atom. The van der Waals surface area contributed by atoms with Gasteiger partial charge in [-0.05, 0) is 32.2 Å². The van der Waals surface area contributed by atoms with Gasteiger partial charge in [0.15, 0.2) is 0 Å². The van der Waals surface area contributed by atoms with Crippen molar-refractivity contribution in [3.63, 3.8) is 0 Å². The number of hydrogen-bond donors (Lipinski definition) is 2. The third-order valence-electron chi connectivity index (χ3n) is 3.32. The zero-order valence-corrected chi connectivity index (χ0v) is 9.83. The molecule has 0 aromatic rings. The van der Waals surface area contributed by atoms with Gasteiger partial charge in [-0.3, -0.25) is 9.69 Å². The van der Waals surface area contributed by atoms with Crippen LogP contribution >= 0.6 is 0 Å². The molecule has 15 heavy (non-hydrogen) atoms. The van der Waals surface area contributed by atoms with E-state index in [9.17, 15) is 4.79 Å². The predicted octanol–water partition coefficient (Wildman–Crippen LogP) is 0.182. The van der Waals surface area contributed by atoms with Crippen molar-refractivity contribution in [1.82, 2.24) is 10.2 Å². The van der Waals surface area contributed by atoms with Gasteiger partial charge in [0.05, 0.1) is 6.54 Å². The van der Waals surface area contributed by atoms with Gasteiger partial charge in [-0.25, -0.2) is 0 Å². The molecule has 1 aliphatic rings. The van der Waals surface area contributed by atoms with Gasteiger partial charge in [-0.2, -0.15) is 0 Å². The number of amides is 1. The first-order chi connectivity index (χ1) is 7.15. The van der Waals surface area contributed by atoms with Gasteiger partial charge >= 0.3 is 0 Å². The number of carbonyl (C=O) groups is 1. The van der Waals surface area contributed by atoms with Crippen LogP contribution in [-0.4, -0.2) is 43.0 Å². The monoisotopic (exact) mass is 213 g/mol. The van der Waals surface area contributed by atoms with E-state index in [0.717, 1.165) is 6.54 Å². The summed E-state index contributed by atoms with van der Waals surface area (Å²) < 4.78 is 0. The van der Waals surface area contributed by atoms with Crippen LogP contribution in [0.4, 0.5) is 0 Å². The first-order valence-corrected chi connectivity index (χ1v) is 5.86. The van der Waals surface area contributed by atoms with Crippen molar-refractivity contribution >= 4 is 5.91 Å². The van der Waals surface area contributed by atoms with Crippen LogP contribution in [0.5, 0.6) is 0 Å². The number of likely N-dealkylation sites (tertiary alicyclic amines) is 1. The van der Waals surface area contributed by atoms with E-state index in [-0.39, 0.29) is 5.91 Å². The Morgan fingerprint density at radius 3 is 2.93 bits per heavy atom. The molecule has 1 saturated heterocycles. The third kappa shape index (κ3) is 3.80. The molecule has 1 heterocycles. The van der Waals surface area contributed by atoms with E-state index in [1.165, 1.54) is 12.8 Å². The molecule has 2 atom stereocenters. The molecule has 4 nitrogen and oxygen atoms in total. The highest BCUT2D eigenvalue weighted by atomic mass is 16.2. The van der Waals surface area contributed by atoms with Crippen LogP contribution in [0.1, 0.15) is 26.7 Å². The van der Waals surface area contributed by atoms with Crippen molar-refractivity contribution in [1.29, 1.82) is 0 Å². The van der Waals surface area contributed by atoms with Gasteiger partial charge in [0.2, 0.25) is 5.91 Å². The molecular formula is C11H23N3O. The second-order valence-electron chi connectivity index (χ2n) is 4.47. The van der Waals surface area contributed by atoms with Crippen LogP contribution in [-0.2, 0) is 4.79 Å². The number of hydrogen-bond acceptors (Lipinski definition) is 3. The summed E-state index contributed by atoms with van der Waals surface area (Å²) in [6.45, 7) is 7.12. The molecule has 4 heteroatoms. The summed E-state index contributed by atoms with van der Waals surface area (Å²) in [5.74, 6) is 0.794. The van der Waals surface area contributed by atoms with Gasteiger partial charge in [0.1, 0.15) is 0 Å². The molecule has 0 spiro atoms. The molecule has 0 aliphatic carbocycles. The smallest absolute Gasteiger partial charge is 0.234 e. The lowest BCUT2D eigenvalue weighted by molar-refractivity contribution is -0.123. The summed E-state index contributed by atoms with van der Waals surface area (Å²) in [6.07, 6.45) is 2.48. The van der Waals surface area contributed by atoms with E-state index in [1.54, 1.807) is 0 Å². The molecule has 88 valence electrons. The maximum absolute atomic E-state index is 11.5. The van der Waals surface area contributed by atoms with Crippen LogP contribution in [0.2, 0.25) is 0 Å². The molecule has 0 aromatic carbocycles. The number of carbonyl (C=O) groups excluding carboxylic acids is 1. The lowest BCUT2D eigenvalue weighted by atomic mass is 9.92. The number of nitrogens with zero attached hydrogens (tertiary/aromatic N) is 1. The lowest BCUT2D eigenvalue weighted by Crippen LogP contribution is -2.47. The molecule has 2 unspecified atom stereocenters. The second-order valence-corrected chi connectivity index (χ2v) is 4.47. The summed E-state index contributed by atoms with van der Waals surface area (Å²) in [6, 6.07) is 0.516. The van der Waals surface area contributed by atoms with Crippen LogP contribution in [0, 0.1) is 5.92 Å². The summed E-state index contributed by atoms with van der Waals surface area (Å²) in [5.41, 5.74) is 5.33. The van der Waals surface area contributed by atoms with Gasteiger partial charge in [0, 0.05) is 19.1 Å². The highest BCUT2D eigenvalue weighted by molar-refractivity contribution is 5.78. The lowest BCUT2D eigenvalue weighted by Gasteiger charge is -2.37. The van der Waals surface area contributed by atoms with E-state index in [2.05, 4.69) is 24.1 Å². The van der Waals surface area contributed by atoms with Gasteiger partial charge in [0.25, 0.3) is 0 Å². The fourth-order valence-corrected chi connectivity index (χ4v) is 2.10. The first kappa shape index (κ1) is 12.5. The molecule has 1 fully saturated rings. The number of nitrogens with two attached hydrogens (primary N) is 1. The van der Waals surface area contributed by atoms with Crippen molar-refractivity contribution in [3.05, 3.63) is 0 Å². The standard InChI is InChI=1S/C11H23N3O/c1-9-4-3-7-14(10(9)2)8-11(15)13-6-5-12/h9-10H,3-8,12H2,1-2H3,(H,13,15). The number of rotatable bonds is 4. The Kier molecular flexibility index (Phi) is 5.05. The maximum atomic E-state index is 11.5. The van der Waals surface area contributed by atoms with E-state index < -0.39 is 0 Å². The summed E-state index contributed by atoms with van der Waals surface area (Å²) >= 11 is 0. The highest BCUT2D eigenvalue weighted by Gasteiger charge is 2.25. The van der Waals surface area contributed by atoms with E-state index in [4.69, 9.17) is 5.73 Å².